The van der Waals surface area contributed by atoms with Gasteiger partial charge in [0.1, 0.15) is 5.54 Å². The topological polar surface area (TPSA) is 98.2 Å². The first-order valence-corrected chi connectivity index (χ1v) is 12.0. The van der Waals surface area contributed by atoms with Gasteiger partial charge in [0.25, 0.3) is 5.91 Å². The van der Waals surface area contributed by atoms with Crippen molar-refractivity contribution in [1.29, 1.82) is 0 Å². The molecule has 1 rings (SSSR count). The Morgan fingerprint density at radius 1 is 0.879 bits per heavy atom. The van der Waals surface area contributed by atoms with Gasteiger partial charge < -0.3 is 20.0 Å². The standard InChI is InChI=1S/C24H36Cl2N2O5/c1-22(2,3)24(21(32)33,12-11-19(29)30)28(23(4,5)6)20(31)17-7-9-18(10-8-17)27(15-13-25)16-14-26/h7-10H,11-16H2,1-6H3,(H,29,30)(H,32,33)/t24-/m0/s1. The molecule has 1 atom stereocenters. The predicted octanol–water partition coefficient (Wildman–Crippen LogP) is 4.95. The Morgan fingerprint density at radius 2 is 1.36 bits per heavy atom. The third kappa shape index (κ3) is 6.76. The Kier molecular flexibility index (Phi) is 10.1. The molecule has 0 heterocycles. The van der Waals surface area contributed by atoms with Crippen LogP contribution in [0.15, 0.2) is 24.3 Å². The summed E-state index contributed by atoms with van der Waals surface area (Å²) >= 11 is 11.8. The zero-order valence-electron chi connectivity index (χ0n) is 20.3. The van der Waals surface area contributed by atoms with E-state index in [0.717, 1.165) is 5.69 Å². The predicted molar refractivity (Wildman–Crippen MR) is 133 cm³/mol. The number of hydrogen-bond donors (Lipinski definition) is 2. The maximum atomic E-state index is 13.8. The summed E-state index contributed by atoms with van der Waals surface area (Å²) in [5.41, 5.74) is -2.43. The van der Waals surface area contributed by atoms with E-state index in [4.69, 9.17) is 23.2 Å². The number of rotatable bonds is 11. The van der Waals surface area contributed by atoms with Gasteiger partial charge in [0.05, 0.1) is 0 Å². The number of nitrogens with zero attached hydrogens (tertiary/aromatic N) is 2. The van der Waals surface area contributed by atoms with Gasteiger partial charge in [-0.1, -0.05) is 20.8 Å². The van der Waals surface area contributed by atoms with Gasteiger partial charge >= 0.3 is 11.9 Å². The van der Waals surface area contributed by atoms with Crippen molar-refractivity contribution in [1.82, 2.24) is 4.90 Å². The smallest absolute Gasteiger partial charge is 0.330 e. The number of aliphatic carboxylic acids is 2. The van der Waals surface area contributed by atoms with Gasteiger partial charge in [-0.15, -0.1) is 23.2 Å². The summed E-state index contributed by atoms with van der Waals surface area (Å²) in [5.74, 6) is -1.98. The van der Waals surface area contributed by atoms with Gasteiger partial charge in [-0.3, -0.25) is 9.59 Å². The van der Waals surface area contributed by atoms with Crippen LogP contribution in [0.1, 0.15) is 64.7 Å². The molecule has 1 amide bonds. The van der Waals surface area contributed by atoms with Crippen LogP contribution in [0, 0.1) is 5.41 Å². The van der Waals surface area contributed by atoms with Gasteiger partial charge in [0, 0.05) is 48.1 Å². The summed E-state index contributed by atoms with van der Waals surface area (Å²) in [6.45, 7) is 11.6. The van der Waals surface area contributed by atoms with Crippen LogP contribution in [0.3, 0.4) is 0 Å². The molecule has 33 heavy (non-hydrogen) atoms. The van der Waals surface area contributed by atoms with Crippen molar-refractivity contribution in [2.75, 3.05) is 29.7 Å². The van der Waals surface area contributed by atoms with Gasteiger partial charge in [-0.05, 0) is 56.9 Å². The lowest BCUT2D eigenvalue weighted by atomic mass is 9.67. The fraction of sp³-hybridized carbons (Fsp3) is 0.625. The molecule has 0 aliphatic carbocycles. The molecule has 1 aromatic rings. The number of carboxylic acid groups (broad SMARTS) is 2. The molecule has 0 fully saturated rings. The first kappa shape index (κ1) is 29.0. The lowest BCUT2D eigenvalue weighted by Crippen LogP contribution is -2.69. The fourth-order valence-corrected chi connectivity index (χ4v) is 4.61. The number of hydrogen-bond acceptors (Lipinski definition) is 4. The van der Waals surface area contributed by atoms with Gasteiger partial charge in [-0.25, -0.2) is 4.79 Å². The van der Waals surface area contributed by atoms with E-state index in [2.05, 4.69) is 0 Å². The quantitative estimate of drug-likeness (QED) is 0.415. The minimum Gasteiger partial charge on any atom is -0.481 e. The van der Waals surface area contributed by atoms with Gasteiger partial charge in [0.15, 0.2) is 0 Å². The SMILES string of the molecule is CC(C)(C)N(C(=O)c1ccc(N(CCCl)CCCl)cc1)[C@@](CCC(=O)O)(C(=O)O)C(C)(C)C. The second-order valence-electron chi connectivity index (χ2n) is 10.0. The lowest BCUT2D eigenvalue weighted by molar-refractivity contribution is -0.164. The maximum Gasteiger partial charge on any atom is 0.330 e. The van der Waals surface area contributed by atoms with Crippen molar-refractivity contribution in [3.63, 3.8) is 0 Å². The fourth-order valence-electron chi connectivity index (χ4n) is 4.20. The zero-order chi connectivity index (χ0) is 25.6. The highest BCUT2D eigenvalue weighted by atomic mass is 35.5. The molecule has 9 heteroatoms. The molecule has 0 radical (unpaired) electrons. The van der Waals surface area contributed by atoms with Crippen molar-refractivity contribution in [2.45, 2.75) is 65.5 Å². The molecule has 0 saturated heterocycles. The number of benzene rings is 1. The van der Waals surface area contributed by atoms with Crippen molar-refractivity contribution in [3.8, 4) is 0 Å². The number of anilines is 1. The third-order valence-electron chi connectivity index (χ3n) is 5.74. The second kappa shape index (κ2) is 11.4. The minimum absolute atomic E-state index is 0.221. The Labute approximate surface area is 206 Å². The van der Waals surface area contributed by atoms with E-state index in [9.17, 15) is 24.6 Å². The Morgan fingerprint density at radius 3 is 1.70 bits per heavy atom. The first-order chi connectivity index (χ1) is 15.1. The molecule has 0 unspecified atom stereocenters. The molecule has 0 aliphatic rings. The largest absolute Gasteiger partial charge is 0.481 e. The van der Waals surface area contributed by atoms with Crippen LogP contribution < -0.4 is 4.90 Å². The normalized spacial score (nSPS) is 13.8. The molecule has 0 spiro atoms. The highest BCUT2D eigenvalue weighted by Gasteiger charge is 2.58. The minimum atomic E-state index is -1.75. The van der Waals surface area contributed by atoms with Crippen molar-refractivity contribution in [3.05, 3.63) is 29.8 Å². The van der Waals surface area contributed by atoms with E-state index in [1.807, 2.05) is 4.90 Å². The highest BCUT2D eigenvalue weighted by Crippen LogP contribution is 2.44. The van der Waals surface area contributed by atoms with Crippen molar-refractivity contribution < 1.29 is 24.6 Å². The molecular weight excluding hydrogens is 467 g/mol. The van der Waals surface area contributed by atoms with Crippen molar-refractivity contribution in [2.24, 2.45) is 5.41 Å². The number of carbonyl (C=O) groups is 3. The Hall–Kier alpha value is -1.99. The molecule has 1 aromatic carbocycles. The summed E-state index contributed by atoms with van der Waals surface area (Å²) in [6, 6.07) is 6.87. The molecule has 7 nitrogen and oxygen atoms in total. The number of amides is 1. The van der Waals surface area contributed by atoms with E-state index < -0.39 is 34.3 Å². The Balaban J connectivity index is 3.59. The first-order valence-electron chi connectivity index (χ1n) is 10.9. The second-order valence-corrected chi connectivity index (χ2v) is 10.8. The number of carbonyl (C=O) groups excluding carboxylic acids is 1. The number of carboxylic acids is 2. The number of alkyl halides is 2. The van der Waals surface area contributed by atoms with Crippen LogP contribution >= 0.6 is 23.2 Å². The third-order valence-corrected chi connectivity index (χ3v) is 6.08. The van der Waals surface area contributed by atoms with Crippen LogP contribution in [0.5, 0.6) is 0 Å². The Bertz CT molecular complexity index is 825. The van der Waals surface area contributed by atoms with Crippen LogP contribution in [0.2, 0.25) is 0 Å². The van der Waals surface area contributed by atoms with E-state index in [1.54, 1.807) is 65.8 Å². The van der Waals surface area contributed by atoms with E-state index in [0.29, 0.717) is 30.4 Å². The molecule has 0 bridgehead atoms. The average molecular weight is 503 g/mol. The van der Waals surface area contributed by atoms with Crippen LogP contribution in [-0.2, 0) is 9.59 Å². The summed E-state index contributed by atoms with van der Waals surface area (Å²) in [6.07, 6.45) is -0.602. The van der Waals surface area contributed by atoms with Crippen LogP contribution in [0.25, 0.3) is 0 Å². The van der Waals surface area contributed by atoms with E-state index >= 15 is 0 Å². The molecular formula is C24H36Cl2N2O5. The lowest BCUT2D eigenvalue weighted by Gasteiger charge is -2.54. The summed E-state index contributed by atoms with van der Waals surface area (Å²) in [4.78, 5) is 41.3. The summed E-state index contributed by atoms with van der Waals surface area (Å²) in [5, 5.41) is 19.7. The van der Waals surface area contributed by atoms with E-state index in [1.165, 1.54) is 4.90 Å². The summed E-state index contributed by atoms with van der Waals surface area (Å²) < 4.78 is 0. The monoisotopic (exact) mass is 502 g/mol. The van der Waals surface area contributed by atoms with Crippen LogP contribution in [-0.4, -0.2) is 68.9 Å². The average Bonchev–Trinajstić information content (AvgIpc) is 2.68. The maximum absolute atomic E-state index is 13.8. The molecule has 186 valence electrons. The summed E-state index contributed by atoms with van der Waals surface area (Å²) in [7, 11) is 0. The molecule has 0 aliphatic heterocycles. The number of halogens is 2. The van der Waals surface area contributed by atoms with Gasteiger partial charge in [0.2, 0.25) is 0 Å². The zero-order valence-corrected chi connectivity index (χ0v) is 21.8. The molecule has 0 aromatic heterocycles. The van der Waals surface area contributed by atoms with E-state index in [-0.39, 0.29) is 12.8 Å². The van der Waals surface area contributed by atoms with Crippen molar-refractivity contribution >= 4 is 46.7 Å². The molecule has 2 N–H and O–H groups in total. The van der Waals surface area contributed by atoms with Crippen LogP contribution in [0.4, 0.5) is 5.69 Å². The molecule has 0 saturated carbocycles. The highest BCUT2D eigenvalue weighted by molar-refractivity contribution is 6.18. The van der Waals surface area contributed by atoms with Gasteiger partial charge in [-0.2, -0.15) is 0 Å².